The van der Waals surface area contributed by atoms with Gasteiger partial charge in [-0.15, -0.1) is 0 Å². The van der Waals surface area contributed by atoms with Crippen LogP contribution >= 0.6 is 0 Å². The summed E-state index contributed by atoms with van der Waals surface area (Å²) in [5, 5.41) is 0. The number of ketones is 1. The molecule has 2 unspecified atom stereocenters. The molecule has 2 fully saturated rings. The van der Waals surface area contributed by atoms with Gasteiger partial charge in [0.2, 0.25) is 0 Å². The molecular formula is C16H20FNO. The van der Waals surface area contributed by atoms with Gasteiger partial charge in [-0.3, -0.25) is 4.79 Å². The van der Waals surface area contributed by atoms with Crippen LogP contribution in [0.1, 0.15) is 49.4 Å². The molecule has 2 nitrogen and oxygen atoms in total. The molecule has 2 aliphatic rings. The van der Waals surface area contributed by atoms with E-state index in [0.29, 0.717) is 6.04 Å². The fourth-order valence-electron chi connectivity index (χ4n) is 3.85. The molecule has 1 aliphatic carbocycles. The molecule has 1 aliphatic heterocycles. The van der Waals surface area contributed by atoms with E-state index in [1.807, 2.05) is 6.07 Å². The second-order valence-corrected chi connectivity index (χ2v) is 5.78. The van der Waals surface area contributed by atoms with Gasteiger partial charge in [0.1, 0.15) is 5.82 Å². The predicted molar refractivity (Wildman–Crippen MR) is 74.1 cm³/mol. The monoisotopic (exact) mass is 261 g/mol. The van der Waals surface area contributed by atoms with Crippen molar-refractivity contribution in [3.63, 3.8) is 0 Å². The fourth-order valence-corrected chi connectivity index (χ4v) is 3.85. The van der Waals surface area contributed by atoms with Crippen LogP contribution in [0.25, 0.3) is 0 Å². The zero-order valence-electron chi connectivity index (χ0n) is 11.4. The first-order valence-electron chi connectivity index (χ1n) is 7.24. The summed E-state index contributed by atoms with van der Waals surface area (Å²) in [7, 11) is 0. The van der Waals surface area contributed by atoms with E-state index in [1.54, 1.807) is 6.07 Å². The van der Waals surface area contributed by atoms with Gasteiger partial charge in [0.15, 0.2) is 5.78 Å². The lowest BCUT2D eigenvalue weighted by atomic mass is 9.90. The minimum absolute atomic E-state index is 0.173. The molecule has 0 spiro atoms. The summed E-state index contributed by atoms with van der Waals surface area (Å²) in [5.41, 5.74) is 1.08. The number of fused-ring (bicyclic) bond motifs is 1. The Balaban J connectivity index is 2.01. The predicted octanol–water partition coefficient (Wildman–Crippen LogP) is 3.80. The molecule has 102 valence electrons. The van der Waals surface area contributed by atoms with Crippen LogP contribution in [0, 0.1) is 11.7 Å². The molecule has 0 radical (unpaired) electrons. The maximum atomic E-state index is 14.0. The smallest absolute Gasteiger partial charge is 0.164 e. The number of benzene rings is 1. The van der Waals surface area contributed by atoms with Crippen LogP contribution in [0.2, 0.25) is 0 Å². The van der Waals surface area contributed by atoms with Crippen molar-refractivity contribution in [3.8, 4) is 0 Å². The van der Waals surface area contributed by atoms with Crippen molar-refractivity contribution >= 4 is 11.5 Å². The molecule has 0 N–H and O–H groups in total. The number of piperidine rings is 1. The summed E-state index contributed by atoms with van der Waals surface area (Å²) in [5.74, 6) is 0.176. The minimum Gasteiger partial charge on any atom is -0.368 e. The van der Waals surface area contributed by atoms with E-state index in [2.05, 4.69) is 4.90 Å². The number of rotatable bonds is 2. The van der Waals surface area contributed by atoms with E-state index < -0.39 is 0 Å². The topological polar surface area (TPSA) is 20.3 Å². The molecule has 0 amide bonds. The Morgan fingerprint density at radius 3 is 2.84 bits per heavy atom. The van der Waals surface area contributed by atoms with Crippen LogP contribution in [-0.2, 0) is 0 Å². The van der Waals surface area contributed by atoms with Crippen molar-refractivity contribution in [2.24, 2.45) is 5.92 Å². The van der Waals surface area contributed by atoms with Gasteiger partial charge in [-0.05, 0) is 50.7 Å². The Morgan fingerprint density at radius 2 is 2.05 bits per heavy atom. The molecule has 1 heterocycles. The summed E-state index contributed by atoms with van der Waals surface area (Å²) >= 11 is 0. The lowest BCUT2D eigenvalue weighted by molar-refractivity contribution is 0.101. The molecule has 1 aromatic rings. The number of hydrogen-bond acceptors (Lipinski definition) is 2. The Hall–Kier alpha value is -1.38. The summed E-state index contributed by atoms with van der Waals surface area (Å²) in [6.45, 7) is 2.41. The molecular weight excluding hydrogens is 241 g/mol. The summed E-state index contributed by atoms with van der Waals surface area (Å²) in [6, 6.07) is 5.51. The van der Waals surface area contributed by atoms with Crippen molar-refractivity contribution in [1.82, 2.24) is 0 Å². The molecule has 3 heteroatoms. The molecule has 2 atom stereocenters. The van der Waals surface area contributed by atoms with Crippen molar-refractivity contribution < 1.29 is 9.18 Å². The number of carbonyl (C=O) groups is 1. The SMILES string of the molecule is CC(=O)c1c(F)cccc1N1CCCC2CCCC21. The highest BCUT2D eigenvalue weighted by atomic mass is 19.1. The van der Waals surface area contributed by atoms with Gasteiger partial charge in [-0.2, -0.15) is 0 Å². The molecule has 19 heavy (non-hydrogen) atoms. The Bertz CT molecular complexity index is 500. The number of anilines is 1. The Kier molecular flexibility index (Phi) is 3.29. The lowest BCUT2D eigenvalue weighted by Gasteiger charge is -2.40. The zero-order valence-corrected chi connectivity index (χ0v) is 11.4. The number of carbonyl (C=O) groups excluding carboxylic acids is 1. The van der Waals surface area contributed by atoms with Crippen LogP contribution in [0.4, 0.5) is 10.1 Å². The van der Waals surface area contributed by atoms with Crippen molar-refractivity contribution in [2.45, 2.75) is 45.1 Å². The van der Waals surface area contributed by atoms with Crippen LogP contribution in [0.5, 0.6) is 0 Å². The molecule has 1 saturated heterocycles. The van der Waals surface area contributed by atoms with Crippen LogP contribution in [-0.4, -0.2) is 18.4 Å². The van der Waals surface area contributed by atoms with E-state index in [9.17, 15) is 9.18 Å². The molecule has 0 aromatic heterocycles. The standard InChI is InChI=1S/C16H20FNO/c1-11(19)16-13(17)7-3-9-15(16)18-10-4-6-12-5-2-8-14(12)18/h3,7,9,12,14H,2,4-6,8,10H2,1H3. The normalized spacial score (nSPS) is 26.3. The van der Waals surface area contributed by atoms with Crippen LogP contribution in [0.3, 0.4) is 0 Å². The maximum Gasteiger partial charge on any atom is 0.164 e. The van der Waals surface area contributed by atoms with Gasteiger partial charge in [-0.25, -0.2) is 4.39 Å². The quantitative estimate of drug-likeness (QED) is 0.755. The van der Waals surface area contributed by atoms with Crippen molar-refractivity contribution in [3.05, 3.63) is 29.6 Å². The Labute approximate surface area is 113 Å². The highest BCUT2D eigenvalue weighted by Crippen LogP contribution is 2.40. The lowest BCUT2D eigenvalue weighted by Crippen LogP contribution is -2.43. The second-order valence-electron chi connectivity index (χ2n) is 5.78. The van der Waals surface area contributed by atoms with Gasteiger partial charge in [0.25, 0.3) is 0 Å². The van der Waals surface area contributed by atoms with Gasteiger partial charge >= 0.3 is 0 Å². The molecule has 1 saturated carbocycles. The van der Waals surface area contributed by atoms with E-state index in [1.165, 1.54) is 38.7 Å². The van der Waals surface area contributed by atoms with E-state index in [0.717, 1.165) is 24.6 Å². The summed E-state index contributed by atoms with van der Waals surface area (Å²) < 4.78 is 14.0. The van der Waals surface area contributed by atoms with Gasteiger partial charge in [0.05, 0.1) is 11.3 Å². The average Bonchev–Trinajstić information content (AvgIpc) is 2.85. The van der Waals surface area contributed by atoms with Gasteiger partial charge in [0, 0.05) is 12.6 Å². The summed E-state index contributed by atoms with van der Waals surface area (Å²) in [4.78, 5) is 14.0. The highest BCUT2D eigenvalue weighted by molar-refractivity contribution is 6.00. The van der Waals surface area contributed by atoms with E-state index in [4.69, 9.17) is 0 Å². The molecule has 3 rings (SSSR count). The maximum absolute atomic E-state index is 14.0. The number of Topliss-reactive ketones (excluding diaryl/α,β-unsaturated/α-hetero) is 1. The van der Waals surface area contributed by atoms with Crippen LogP contribution in [0.15, 0.2) is 18.2 Å². The van der Waals surface area contributed by atoms with Gasteiger partial charge in [-0.1, -0.05) is 12.5 Å². The fraction of sp³-hybridized carbons (Fsp3) is 0.562. The number of hydrogen-bond donors (Lipinski definition) is 0. The van der Waals surface area contributed by atoms with E-state index >= 15 is 0 Å². The third-order valence-electron chi connectivity index (χ3n) is 4.65. The first-order valence-corrected chi connectivity index (χ1v) is 7.24. The van der Waals surface area contributed by atoms with Gasteiger partial charge < -0.3 is 4.90 Å². The molecule has 0 bridgehead atoms. The highest BCUT2D eigenvalue weighted by Gasteiger charge is 2.36. The average molecular weight is 261 g/mol. The first kappa shape index (κ1) is 12.6. The van der Waals surface area contributed by atoms with E-state index in [-0.39, 0.29) is 17.2 Å². The minimum atomic E-state index is -0.384. The largest absolute Gasteiger partial charge is 0.368 e. The molecule has 1 aromatic carbocycles. The third-order valence-corrected chi connectivity index (χ3v) is 4.65. The van der Waals surface area contributed by atoms with Crippen molar-refractivity contribution in [1.29, 1.82) is 0 Å². The van der Waals surface area contributed by atoms with Crippen LogP contribution < -0.4 is 4.90 Å². The Morgan fingerprint density at radius 1 is 1.26 bits per heavy atom. The first-order chi connectivity index (χ1) is 9.18. The summed E-state index contributed by atoms with van der Waals surface area (Å²) in [6.07, 6.45) is 6.15. The number of nitrogens with zero attached hydrogens (tertiary/aromatic N) is 1. The number of halogens is 1. The van der Waals surface area contributed by atoms with Crippen molar-refractivity contribution in [2.75, 3.05) is 11.4 Å². The second kappa shape index (κ2) is 4.95. The third kappa shape index (κ3) is 2.15. The zero-order chi connectivity index (χ0) is 13.4.